The summed E-state index contributed by atoms with van der Waals surface area (Å²) in [6.07, 6.45) is 0. The monoisotopic (exact) mass is 1190 g/mol. The third-order valence-electron chi connectivity index (χ3n) is 20.6. The van der Waals surface area contributed by atoms with Crippen molar-refractivity contribution in [2.24, 2.45) is 0 Å². The van der Waals surface area contributed by atoms with Gasteiger partial charge in [-0.1, -0.05) is 264 Å². The van der Waals surface area contributed by atoms with Gasteiger partial charge in [-0.3, -0.25) is 4.90 Å². The summed E-state index contributed by atoms with van der Waals surface area (Å²) in [5.41, 5.74) is 25.1. The number of nitrogens with zero attached hydrogens (tertiary/aromatic N) is 5. The molecular weight excluding hydrogens is 1130 g/mol. The predicted octanol–water partition coefficient (Wildman–Crippen LogP) is 21.1. The molecule has 2 spiro atoms. The largest absolute Gasteiger partial charge is 0.310 e. The first-order valence-electron chi connectivity index (χ1n) is 31.2. The average Bonchev–Trinajstić information content (AvgIpc) is 1.42. The molecule has 1 aromatic heterocycles. The van der Waals surface area contributed by atoms with Crippen molar-refractivity contribution in [3.8, 4) is 45.0 Å². The van der Waals surface area contributed by atoms with Gasteiger partial charge in [-0.05, 0) is 150 Å². The van der Waals surface area contributed by atoms with E-state index >= 15 is 0 Å². The van der Waals surface area contributed by atoms with Gasteiger partial charge in [0.15, 0.2) is 11.6 Å². The van der Waals surface area contributed by atoms with Gasteiger partial charge in [-0.15, -0.1) is 0 Å². The van der Waals surface area contributed by atoms with Crippen LogP contribution in [0.25, 0.3) is 45.0 Å². The average molecular weight is 1190 g/mol. The normalized spacial score (nSPS) is 16.0. The number of benzene rings is 12. The van der Waals surface area contributed by atoms with Crippen LogP contribution in [0.4, 0.5) is 34.4 Å². The zero-order chi connectivity index (χ0) is 59.8. The van der Waals surface area contributed by atoms with Crippen molar-refractivity contribution in [3.63, 3.8) is 0 Å². The molecule has 90 heavy (non-hydrogen) atoms. The highest BCUT2D eigenvalue weighted by molar-refractivity contribution is 7.99. The molecule has 0 radical (unpaired) electrons. The highest BCUT2D eigenvalue weighted by Gasteiger charge is 2.53. The fourth-order valence-corrected chi connectivity index (χ4v) is 19.2. The Labute approximate surface area is 532 Å². The Bertz CT molecular complexity index is 4950. The maximum atomic E-state index is 5.98. The summed E-state index contributed by atoms with van der Waals surface area (Å²) in [6.45, 7) is 9.54. The quantitative estimate of drug-likeness (QED) is 0.174. The van der Waals surface area contributed by atoms with Crippen molar-refractivity contribution in [1.29, 1.82) is 0 Å². The highest BCUT2D eigenvalue weighted by atomic mass is 32.2. The van der Waals surface area contributed by atoms with Crippen LogP contribution in [0.5, 0.6) is 0 Å². The van der Waals surface area contributed by atoms with Crippen molar-refractivity contribution in [1.82, 2.24) is 15.0 Å². The van der Waals surface area contributed by atoms with Crippen molar-refractivity contribution >= 4 is 57.9 Å². The first kappa shape index (κ1) is 51.9. The molecule has 19 rings (SSSR count). The lowest BCUT2D eigenvalue weighted by molar-refractivity contribution is 0.614. The van der Waals surface area contributed by atoms with Gasteiger partial charge in [0.05, 0.1) is 33.6 Å². The molecule has 7 heteroatoms. The molecule has 6 aliphatic rings. The van der Waals surface area contributed by atoms with Gasteiger partial charge in [0.1, 0.15) is 0 Å². The maximum Gasteiger partial charge on any atom is 0.238 e. The molecule has 5 heterocycles. The smallest absolute Gasteiger partial charge is 0.238 e. The van der Waals surface area contributed by atoms with Crippen LogP contribution >= 0.6 is 23.5 Å². The maximum absolute atomic E-state index is 5.98. The van der Waals surface area contributed by atoms with Crippen molar-refractivity contribution in [2.75, 3.05) is 9.80 Å². The zero-order valence-electron chi connectivity index (χ0n) is 50.0. The van der Waals surface area contributed by atoms with E-state index in [9.17, 15) is 0 Å². The standard InChI is InChI=1S/C83H57N5S2/c1-80(2)57-34-12-18-42-67(57)87(50-26-6-5-7-27-50)69-48-66-70(49-65(69)80)88(68-43-19-13-35-58(68)81(66,3)4)79-85-77(53-30-24-40-63-75(53)51-28-8-10-32-55(51)82(63)59-36-14-20-44-71(59)89-72-45-21-15-37-60(72)82)84-78(86-79)54-31-25-41-64-76(54)52-29-9-11-33-56(52)83(64)61-38-16-22-46-73(61)90-74-47-23-17-39-62(74)83/h5-49H,1-4H3. The Balaban J connectivity index is 0.919. The van der Waals surface area contributed by atoms with E-state index in [0.717, 1.165) is 39.3 Å². The Morgan fingerprint density at radius 1 is 0.267 bits per heavy atom. The topological polar surface area (TPSA) is 45.2 Å². The number of aromatic nitrogens is 3. The van der Waals surface area contributed by atoms with Crippen LogP contribution in [0, 0.1) is 0 Å². The van der Waals surface area contributed by atoms with Crippen LogP contribution in [-0.4, -0.2) is 15.0 Å². The van der Waals surface area contributed by atoms with E-state index in [0.29, 0.717) is 17.6 Å². The summed E-state index contributed by atoms with van der Waals surface area (Å²) in [7, 11) is 0. The first-order valence-corrected chi connectivity index (χ1v) is 32.8. The number of hydrogen-bond acceptors (Lipinski definition) is 7. The fraction of sp³-hybridized carbons (Fsp3) is 0.0964. The molecule has 2 aliphatic carbocycles. The number of fused-ring (bicyclic) bond motifs is 22. The van der Waals surface area contributed by atoms with E-state index in [1.54, 1.807) is 0 Å². The number of hydrogen-bond donors (Lipinski definition) is 0. The van der Waals surface area contributed by atoms with Crippen molar-refractivity contribution in [3.05, 3.63) is 340 Å². The molecule has 0 atom stereocenters. The minimum absolute atomic E-state index is 0.389. The number of para-hydroxylation sites is 3. The van der Waals surface area contributed by atoms with Gasteiger partial charge >= 0.3 is 0 Å². The number of rotatable bonds is 4. The Morgan fingerprint density at radius 2 is 0.600 bits per heavy atom. The molecule has 12 aromatic carbocycles. The lowest BCUT2D eigenvalue weighted by Crippen LogP contribution is -2.35. The van der Waals surface area contributed by atoms with Gasteiger partial charge in [-0.2, -0.15) is 9.97 Å². The lowest BCUT2D eigenvalue weighted by Gasteiger charge is -2.46. The molecule has 0 amide bonds. The molecule has 0 saturated heterocycles. The van der Waals surface area contributed by atoms with Crippen LogP contribution < -0.4 is 9.80 Å². The van der Waals surface area contributed by atoms with E-state index in [1.165, 1.54) is 109 Å². The van der Waals surface area contributed by atoms with Crippen molar-refractivity contribution in [2.45, 2.75) is 68.9 Å². The minimum Gasteiger partial charge on any atom is -0.310 e. The van der Waals surface area contributed by atoms with Gasteiger partial charge < -0.3 is 4.90 Å². The lowest BCUT2D eigenvalue weighted by atomic mass is 9.67. The van der Waals surface area contributed by atoms with Crippen molar-refractivity contribution < 1.29 is 0 Å². The van der Waals surface area contributed by atoms with Gasteiger partial charge in [0.2, 0.25) is 5.95 Å². The zero-order valence-corrected chi connectivity index (χ0v) is 51.7. The second kappa shape index (κ2) is 18.8. The molecule has 0 bridgehead atoms. The Morgan fingerprint density at radius 3 is 1.04 bits per heavy atom. The third kappa shape index (κ3) is 6.73. The Hall–Kier alpha value is -10.1. The number of anilines is 6. The van der Waals surface area contributed by atoms with Gasteiger partial charge in [-0.25, -0.2) is 4.98 Å². The SMILES string of the molecule is CC1(C)c2ccccc2N(c2ccccc2)c2cc3c(cc21)N(c1nc(-c2cccc4c2-c2ccccc2C42c4ccccc4Sc4ccccc42)nc(-c2cccc4c2-c2ccccc2C42c4ccccc4Sc4ccccc42)n1)c1ccccc1C3(C)C. The molecule has 0 saturated carbocycles. The molecule has 13 aromatic rings. The van der Waals surface area contributed by atoms with Gasteiger partial charge in [0, 0.05) is 47.2 Å². The van der Waals surface area contributed by atoms with Crippen LogP contribution in [0.3, 0.4) is 0 Å². The molecular formula is C83H57N5S2. The summed E-state index contributed by atoms with van der Waals surface area (Å²) in [4.78, 5) is 27.8. The van der Waals surface area contributed by atoms with Crippen LogP contribution in [0.15, 0.2) is 293 Å². The highest BCUT2D eigenvalue weighted by Crippen LogP contribution is 2.66. The molecule has 0 N–H and O–H groups in total. The van der Waals surface area contributed by atoms with E-state index in [1.807, 2.05) is 23.5 Å². The molecule has 4 aliphatic heterocycles. The minimum atomic E-state index is -0.601. The summed E-state index contributed by atoms with van der Waals surface area (Å²) < 4.78 is 0. The second-order valence-corrected chi connectivity index (χ2v) is 27.9. The second-order valence-electron chi connectivity index (χ2n) is 25.7. The van der Waals surface area contributed by atoms with E-state index < -0.39 is 16.2 Å². The predicted molar refractivity (Wildman–Crippen MR) is 367 cm³/mol. The van der Waals surface area contributed by atoms with Crippen LogP contribution in [-0.2, 0) is 21.7 Å². The summed E-state index contributed by atoms with van der Waals surface area (Å²) in [5.74, 6) is 1.78. The summed E-state index contributed by atoms with van der Waals surface area (Å²) in [5, 5.41) is 0. The third-order valence-corrected chi connectivity index (χ3v) is 22.9. The summed E-state index contributed by atoms with van der Waals surface area (Å²) in [6, 6.07) is 102. The van der Waals surface area contributed by atoms with Crippen LogP contribution in [0.1, 0.15) is 94.5 Å². The van der Waals surface area contributed by atoms with E-state index in [2.05, 4.69) is 310 Å². The molecule has 426 valence electrons. The Kier molecular flexibility index (Phi) is 10.8. The van der Waals surface area contributed by atoms with E-state index in [-0.39, 0.29) is 5.41 Å². The first-order chi connectivity index (χ1) is 44.2. The van der Waals surface area contributed by atoms with Crippen LogP contribution in [0.2, 0.25) is 0 Å². The van der Waals surface area contributed by atoms with E-state index in [4.69, 9.17) is 15.0 Å². The molecule has 5 nitrogen and oxygen atoms in total. The molecule has 0 fully saturated rings. The van der Waals surface area contributed by atoms with Gasteiger partial charge in [0.25, 0.3) is 0 Å². The summed E-state index contributed by atoms with van der Waals surface area (Å²) >= 11 is 3.73. The molecule has 0 unspecified atom stereocenters. The fourth-order valence-electron chi connectivity index (χ4n) is 16.8.